The first kappa shape index (κ1) is 23.0. The van der Waals surface area contributed by atoms with E-state index in [1.54, 1.807) is 36.4 Å². The number of nitrogens with zero attached hydrogens (tertiary/aromatic N) is 4. The molecule has 3 N–H and O–H groups in total. The number of carboxylic acid groups (broad SMARTS) is 2. The lowest BCUT2D eigenvalue weighted by molar-refractivity contribution is 0.0684. The minimum atomic E-state index is -1.25. The number of benzene rings is 4. The Morgan fingerprint density at radius 3 is 1.54 bits per heavy atom. The Kier molecular flexibility index (Phi) is 6.68. The second-order valence-corrected chi connectivity index (χ2v) is 7.36. The zero-order valence-electron chi connectivity index (χ0n) is 18.1. The third kappa shape index (κ3) is 5.79. The highest BCUT2D eigenvalue weighted by Gasteiger charge is 2.10. The summed E-state index contributed by atoms with van der Waals surface area (Å²) in [7, 11) is 0. The van der Waals surface area contributed by atoms with Crippen molar-refractivity contribution in [3.63, 3.8) is 0 Å². The summed E-state index contributed by atoms with van der Waals surface area (Å²) in [5.41, 5.74) is 3.75. The average molecular weight is 466 g/mol. The van der Waals surface area contributed by atoms with Gasteiger partial charge in [-0.15, -0.1) is 0 Å². The Bertz CT molecular complexity index is 1450. The number of rotatable bonds is 7. The van der Waals surface area contributed by atoms with Gasteiger partial charge in [-0.3, -0.25) is 0 Å². The smallest absolute Gasteiger partial charge is 0.339 e. The Balaban J connectivity index is 1.44. The van der Waals surface area contributed by atoms with Crippen molar-refractivity contribution in [2.24, 2.45) is 20.5 Å². The quantitative estimate of drug-likeness (QED) is 0.245. The van der Waals surface area contributed by atoms with Gasteiger partial charge in [0.1, 0.15) is 11.3 Å². The van der Waals surface area contributed by atoms with Crippen LogP contribution in [0.4, 0.5) is 22.7 Å². The van der Waals surface area contributed by atoms with Gasteiger partial charge in [0, 0.05) is 0 Å². The minimum absolute atomic E-state index is 0.146. The third-order valence-corrected chi connectivity index (χ3v) is 4.93. The zero-order valence-corrected chi connectivity index (χ0v) is 18.1. The van der Waals surface area contributed by atoms with Crippen LogP contribution in [0.3, 0.4) is 0 Å². The van der Waals surface area contributed by atoms with Crippen molar-refractivity contribution in [2.45, 2.75) is 0 Å². The molecule has 0 radical (unpaired) electrons. The van der Waals surface area contributed by atoms with Crippen molar-refractivity contribution in [1.29, 1.82) is 0 Å². The molecule has 0 fully saturated rings. The number of hydrogen-bond donors (Lipinski definition) is 3. The van der Waals surface area contributed by atoms with Crippen molar-refractivity contribution in [1.82, 2.24) is 0 Å². The number of aromatic carboxylic acids is 2. The molecule has 0 saturated heterocycles. The van der Waals surface area contributed by atoms with Crippen LogP contribution in [0.25, 0.3) is 11.1 Å². The molecule has 0 heterocycles. The van der Waals surface area contributed by atoms with Gasteiger partial charge in [0.2, 0.25) is 0 Å². The molecule has 172 valence electrons. The fourth-order valence-corrected chi connectivity index (χ4v) is 3.13. The lowest BCUT2D eigenvalue weighted by atomic mass is 10.1. The fourth-order valence-electron chi connectivity index (χ4n) is 3.13. The predicted octanol–water partition coefficient (Wildman–Crippen LogP) is 7.29. The van der Waals surface area contributed by atoms with E-state index in [2.05, 4.69) is 20.5 Å². The van der Waals surface area contributed by atoms with Gasteiger partial charge in [0.05, 0.1) is 28.3 Å². The summed E-state index contributed by atoms with van der Waals surface area (Å²) in [6.07, 6.45) is 0. The first-order valence-electron chi connectivity index (χ1n) is 10.3. The molecule has 0 aliphatic carbocycles. The van der Waals surface area contributed by atoms with E-state index in [-0.39, 0.29) is 16.9 Å². The molecule has 9 heteroatoms. The topological polar surface area (TPSA) is 144 Å². The van der Waals surface area contributed by atoms with Gasteiger partial charge in [-0.1, -0.05) is 30.3 Å². The lowest BCUT2D eigenvalue weighted by Gasteiger charge is -2.03. The van der Waals surface area contributed by atoms with E-state index in [4.69, 9.17) is 10.2 Å². The number of carbonyl (C=O) groups is 2. The second-order valence-electron chi connectivity index (χ2n) is 7.36. The number of carboxylic acids is 2. The van der Waals surface area contributed by atoms with Crippen LogP contribution in [-0.2, 0) is 0 Å². The Labute approximate surface area is 199 Å². The van der Waals surface area contributed by atoms with E-state index >= 15 is 0 Å². The van der Waals surface area contributed by atoms with Crippen molar-refractivity contribution in [2.75, 3.05) is 0 Å². The summed E-state index contributed by atoms with van der Waals surface area (Å²) in [6.45, 7) is 0. The molecule has 0 unspecified atom stereocenters. The van der Waals surface area contributed by atoms with Crippen molar-refractivity contribution >= 4 is 34.7 Å². The molecule has 0 amide bonds. The van der Waals surface area contributed by atoms with Crippen LogP contribution in [0, 0.1) is 0 Å². The number of phenols is 1. The molecule has 0 bridgehead atoms. The molecule has 0 aliphatic heterocycles. The Hall–Kier alpha value is -5.18. The normalized spacial score (nSPS) is 11.2. The Morgan fingerprint density at radius 2 is 1.03 bits per heavy atom. The maximum absolute atomic E-state index is 11.1. The Morgan fingerprint density at radius 1 is 0.543 bits per heavy atom. The summed E-state index contributed by atoms with van der Waals surface area (Å²) in [4.78, 5) is 22.2. The SMILES string of the molecule is O=C(O)c1cccc(N=Nc2ccc(-c3ccc(N=Nc4ccc(O)c(C(=O)O)c4)cc3)cc2)c1. The molecule has 4 aromatic carbocycles. The first-order chi connectivity index (χ1) is 16.9. The van der Waals surface area contributed by atoms with Crippen LogP contribution in [0.2, 0.25) is 0 Å². The summed E-state index contributed by atoms with van der Waals surface area (Å²) in [6, 6.07) is 24.9. The summed E-state index contributed by atoms with van der Waals surface area (Å²) < 4.78 is 0. The van der Waals surface area contributed by atoms with Crippen LogP contribution in [0.1, 0.15) is 20.7 Å². The van der Waals surface area contributed by atoms with E-state index in [9.17, 15) is 14.7 Å². The number of hydrogen-bond acceptors (Lipinski definition) is 7. The fraction of sp³-hybridized carbons (Fsp3) is 0. The molecule has 0 saturated carbocycles. The van der Waals surface area contributed by atoms with Gasteiger partial charge in [-0.2, -0.15) is 20.5 Å². The van der Waals surface area contributed by atoms with Gasteiger partial charge in [-0.25, -0.2) is 9.59 Å². The van der Waals surface area contributed by atoms with Crippen molar-refractivity contribution in [3.05, 3.63) is 102 Å². The number of aromatic hydroxyl groups is 1. The molecular formula is C26H18N4O5. The molecule has 9 nitrogen and oxygen atoms in total. The second kappa shape index (κ2) is 10.2. The van der Waals surface area contributed by atoms with Crippen LogP contribution in [-0.4, -0.2) is 27.3 Å². The first-order valence-corrected chi connectivity index (χ1v) is 10.3. The molecule has 35 heavy (non-hydrogen) atoms. The van der Waals surface area contributed by atoms with Crippen molar-refractivity contribution in [3.8, 4) is 16.9 Å². The van der Waals surface area contributed by atoms with Crippen LogP contribution in [0.5, 0.6) is 5.75 Å². The van der Waals surface area contributed by atoms with Crippen molar-refractivity contribution < 1.29 is 24.9 Å². The van der Waals surface area contributed by atoms with Gasteiger partial charge in [0.25, 0.3) is 0 Å². The van der Waals surface area contributed by atoms with E-state index in [1.807, 2.05) is 24.3 Å². The molecule has 0 atom stereocenters. The monoisotopic (exact) mass is 466 g/mol. The molecular weight excluding hydrogens is 448 g/mol. The third-order valence-electron chi connectivity index (χ3n) is 4.93. The van der Waals surface area contributed by atoms with Gasteiger partial charge in [-0.05, 0) is 71.8 Å². The zero-order chi connectivity index (χ0) is 24.8. The predicted molar refractivity (Wildman–Crippen MR) is 129 cm³/mol. The number of azo groups is 2. The van der Waals surface area contributed by atoms with Gasteiger partial charge in [0.15, 0.2) is 0 Å². The van der Waals surface area contributed by atoms with E-state index in [0.29, 0.717) is 22.7 Å². The maximum Gasteiger partial charge on any atom is 0.339 e. The summed E-state index contributed by atoms with van der Waals surface area (Å²) >= 11 is 0. The molecule has 0 spiro atoms. The maximum atomic E-state index is 11.1. The minimum Gasteiger partial charge on any atom is -0.507 e. The van der Waals surface area contributed by atoms with E-state index in [1.165, 1.54) is 30.3 Å². The molecule has 4 aromatic rings. The van der Waals surface area contributed by atoms with Gasteiger partial charge < -0.3 is 15.3 Å². The van der Waals surface area contributed by atoms with E-state index in [0.717, 1.165) is 11.1 Å². The van der Waals surface area contributed by atoms with Crippen LogP contribution < -0.4 is 0 Å². The summed E-state index contributed by atoms with van der Waals surface area (Å²) in [5, 5.41) is 44.1. The highest BCUT2D eigenvalue weighted by Crippen LogP contribution is 2.28. The van der Waals surface area contributed by atoms with Crippen LogP contribution in [0.15, 0.2) is 111 Å². The van der Waals surface area contributed by atoms with E-state index < -0.39 is 11.9 Å². The lowest BCUT2D eigenvalue weighted by Crippen LogP contribution is -1.95. The highest BCUT2D eigenvalue weighted by atomic mass is 16.4. The van der Waals surface area contributed by atoms with Crippen LogP contribution >= 0.6 is 0 Å². The standard InChI is InChI=1S/C26H18N4O5/c31-24-13-12-22(15-23(24)26(34)35)30-28-20-10-6-17(7-11-20)16-4-8-19(9-5-16)27-29-21-3-1-2-18(14-21)25(32)33/h1-15,31H,(H,32,33)(H,34,35). The highest BCUT2D eigenvalue weighted by molar-refractivity contribution is 5.91. The van der Waals surface area contributed by atoms with Gasteiger partial charge >= 0.3 is 11.9 Å². The average Bonchev–Trinajstić information content (AvgIpc) is 2.87. The molecule has 4 rings (SSSR count). The molecule has 0 aromatic heterocycles. The molecule has 0 aliphatic rings. The summed E-state index contributed by atoms with van der Waals surface area (Å²) in [5.74, 6) is -2.60. The largest absolute Gasteiger partial charge is 0.507 e.